The molecule has 2 heterocycles. The Kier molecular flexibility index (Phi) is 1.97. The molecule has 5 nitrogen and oxygen atoms in total. The molecule has 1 unspecified atom stereocenters. The minimum atomic E-state index is -3.95. The lowest BCUT2D eigenvalue weighted by atomic mass is 10.2. The average molecular weight is 272 g/mol. The molecule has 1 aromatic heterocycles. The van der Waals surface area contributed by atoms with Gasteiger partial charge in [0, 0.05) is 0 Å². The number of benzene rings is 2. The zero-order valence-corrected chi connectivity index (χ0v) is 10.6. The molecule has 0 saturated heterocycles. The van der Waals surface area contributed by atoms with Crippen LogP contribution in [0.25, 0.3) is 22.4 Å². The molecule has 19 heavy (non-hydrogen) atoms. The van der Waals surface area contributed by atoms with Crippen molar-refractivity contribution in [3.05, 3.63) is 48.5 Å². The van der Waals surface area contributed by atoms with Crippen molar-refractivity contribution in [1.29, 1.82) is 0 Å². The van der Waals surface area contributed by atoms with Crippen molar-refractivity contribution in [1.82, 2.24) is 9.32 Å². The Morgan fingerprint density at radius 2 is 1.84 bits per heavy atom. The first-order chi connectivity index (χ1) is 9.17. The number of hydrogen-bond acceptors (Lipinski definition) is 3. The van der Waals surface area contributed by atoms with E-state index in [4.69, 9.17) is 4.52 Å². The van der Waals surface area contributed by atoms with Gasteiger partial charge in [-0.2, -0.15) is 0 Å². The predicted molar refractivity (Wildman–Crippen MR) is 71.0 cm³/mol. The molecule has 4 rings (SSSR count). The topological polar surface area (TPSA) is 64.3 Å². The van der Waals surface area contributed by atoms with E-state index in [0.717, 1.165) is 5.56 Å². The zero-order chi connectivity index (χ0) is 13.0. The zero-order valence-electron chi connectivity index (χ0n) is 9.72. The summed E-state index contributed by atoms with van der Waals surface area (Å²) in [6.07, 6.45) is 0. The first-order valence-electron chi connectivity index (χ1n) is 5.77. The van der Waals surface area contributed by atoms with Crippen LogP contribution in [-0.2, 0) is 4.57 Å². The van der Waals surface area contributed by atoms with Gasteiger partial charge in [0.25, 0.3) is 0 Å². The molecule has 0 bridgehead atoms. The number of fused-ring (bicyclic) bond motifs is 5. The summed E-state index contributed by atoms with van der Waals surface area (Å²) >= 11 is 0. The Labute approximate surface area is 108 Å². The minimum Gasteiger partial charge on any atom is -0.408 e. The summed E-state index contributed by atoms with van der Waals surface area (Å²) in [6, 6.07) is 14.3. The number of aromatic nitrogens is 2. The van der Waals surface area contributed by atoms with E-state index in [1.54, 1.807) is 24.3 Å². The van der Waals surface area contributed by atoms with Crippen LogP contribution in [0.2, 0.25) is 0 Å². The first kappa shape index (κ1) is 10.8. The van der Waals surface area contributed by atoms with Crippen LogP contribution in [0, 0.1) is 0 Å². The molecule has 2 aromatic carbocycles. The van der Waals surface area contributed by atoms with Crippen LogP contribution in [0.4, 0.5) is 0 Å². The molecule has 1 aliphatic heterocycles. The van der Waals surface area contributed by atoms with Gasteiger partial charge in [-0.25, -0.2) is 13.9 Å². The van der Waals surface area contributed by atoms with Gasteiger partial charge in [-0.05, 0) is 24.3 Å². The number of hydrogen-bond donors (Lipinski definition) is 1. The standard InChI is InChI=1S/C13H9N2O3P/c16-19(17)15-11-7-3-2-6-10(11)14-13(15)9-5-1-4-8-12(9)18-19/h1-8H,(H,16,17). The third-order valence-electron chi connectivity index (χ3n) is 3.13. The van der Waals surface area contributed by atoms with Crippen LogP contribution in [0.1, 0.15) is 0 Å². The number of nitrogens with zero attached hydrogens (tertiary/aromatic N) is 2. The van der Waals surface area contributed by atoms with Gasteiger partial charge in [0.1, 0.15) is 5.75 Å². The summed E-state index contributed by atoms with van der Waals surface area (Å²) in [6.45, 7) is 0. The lowest BCUT2D eigenvalue weighted by Gasteiger charge is -2.23. The Morgan fingerprint density at radius 1 is 1.11 bits per heavy atom. The molecule has 0 spiro atoms. The third-order valence-corrected chi connectivity index (χ3v) is 4.48. The summed E-state index contributed by atoms with van der Waals surface area (Å²) < 4.78 is 18.9. The third kappa shape index (κ3) is 1.40. The van der Waals surface area contributed by atoms with E-state index in [1.807, 2.05) is 24.3 Å². The van der Waals surface area contributed by atoms with E-state index in [1.165, 1.54) is 4.34 Å². The Morgan fingerprint density at radius 3 is 2.74 bits per heavy atom. The van der Waals surface area contributed by atoms with Gasteiger partial charge in [0.2, 0.25) is 0 Å². The van der Waals surface area contributed by atoms with Gasteiger partial charge in [-0.15, -0.1) is 0 Å². The lowest BCUT2D eigenvalue weighted by molar-refractivity contribution is 0.366. The van der Waals surface area contributed by atoms with E-state index in [0.29, 0.717) is 22.6 Å². The number of para-hydroxylation sites is 3. The quantitative estimate of drug-likeness (QED) is 0.639. The van der Waals surface area contributed by atoms with Crippen LogP contribution in [0.5, 0.6) is 5.75 Å². The summed E-state index contributed by atoms with van der Waals surface area (Å²) in [5, 5.41) is 0. The summed E-state index contributed by atoms with van der Waals surface area (Å²) in [5.74, 6) is 0.852. The van der Waals surface area contributed by atoms with Crippen molar-refractivity contribution in [3.63, 3.8) is 0 Å². The monoisotopic (exact) mass is 272 g/mol. The van der Waals surface area contributed by atoms with E-state index < -0.39 is 7.75 Å². The van der Waals surface area contributed by atoms with Crippen molar-refractivity contribution in [2.75, 3.05) is 0 Å². The van der Waals surface area contributed by atoms with Gasteiger partial charge in [0.15, 0.2) is 5.82 Å². The fourth-order valence-corrected chi connectivity index (χ4v) is 3.67. The lowest BCUT2D eigenvalue weighted by Crippen LogP contribution is -2.10. The smallest absolute Gasteiger partial charge is 0.408 e. The second-order valence-electron chi connectivity index (χ2n) is 4.31. The van der Waals surface area contributed by atoms with Crippen molar-refractivity contribution in [2.45, 2.75) is 0 Å². The maximum atomic E-state index is 12.4. The second-order valence-corrected chi connectivity index (χ2v) is 5.88. The molecule has 6 heteroatoms. The van der Waals surface area contributed by atoms with Gasteiger partial charge in [-0.3, -0.25) is 4.89 Å². The maximum absolute atomic E-state index is 12.4. The minimum absolute atomic E-state index is 0.385. The molecular weight excluding hydrogens is 263 g/mol. The molecule has 0 amide bonds. The van der Waals surface area contributed by atoms with Crippen LogP contribution < -0.4 is 4.52 Å². The van der Waals surface area contributed by atoms with Crippen LogP contribution in [0.3, 0.4) is 0 Å². The van der Waals surface area contributed by atoms with Gasteiger partial charge >= 0.3 is 7.75 Å². The van der Waals surface area contributed by atoms with Crippen LogP contribution in [-0.4, -0.2) is 14.2 Å². The fraction of sp³-hybridized carbons (Fsp3) is 0. The highest BCUT2D eigenvalue weighted by Crippen LogP contribution is 2.55. The van der Waals surface area contributed by atoms with Gasteiger partial charge in [-0.1, -0.05) is 24.3 Å². The molecule has 0 aliphatic carbocycles. The summed E-state index contributed by atoms with van der Waals surface area (Å²) in [5.41, 5.74) is 1.99. The molecule has 1 aliphatic rings. The van der Waals surface area contributed by atoms with Crippen molar-refractivity contribution in [2.24, 2.45) is 0 Å². The largest absolute Gasteiger partial charge is 0.492 e. The SMILES string of the molecule is O=P1(O)Oc2ccccc2-c2nc3ccccc3n21. The second kappa shape index (κ2) is 3.47. The van der Waals surface area contributed by atoms with E-state index in [9.17, 15) is 9.46 Å². The average Bonchev–Trinajstić information content (AvgIpc) is 2.78. The molecule has 1 atom stereocenters. The Balaban J connectivity index is 2.19. The normalized spacial score (nSPS) is 20.7. The molecule has 0 radical (unpaired) electrons. The summed E-state index contributed by atoms with van der Waals surface area (Å²) in [7, 11) is -3.95. The highest BCUT2D eigenvalue weighted by Gasteiger charge is 2.36. The van der Waals surface area contributed by atoms with E-state index in [-0.39, 0.29) is 0 Å². The fourth-order valence-electron chi connectivity index (χ4n) is 2.34. The van der Waals surface area contributed by atoms with Crippen molar-refractivity contribution < 1.29 is 14.0 Å². The molecule has 94 valence electrons. The molecule has 0 fully saturated rings. The molecule has 0 saturated carbocycles. The number of rotatable bonds is 0. The molecule has 1 N–H and O–H groups in total. The Bertz CT molecular complexity index is 856. The maximum Gasteiger partial charge on any atom is 0.492 e. The highest BCUT2D eigenvalue weighted by molar-refractivity contribution is 7.52. The number of imidazole rings is 1. The van der Waals surface area contributed by atoms with Gasteiger partial charge < -0.3 is 4.52 Å². The van der Waals surface area contributed by atoms with E-state index >= 15 is 0 Å². The molecular formula is C13H9N2O3P. The van der Waals surface area contributed by atoms with Crippen molar-refractivity contribution in [3.8, 4) is 17.1 Å². The predicted octanol–water partition coefficient (Wildman–Crippen LogP) is 3.04. The Hall–Kier alpha value is -2.10. The van der Waals surface area contributed by atoms with Crippen LogP contribution >= 0.6 is 7.75 Å². The summed E-state index contributed by atoms with van der Waals surface area (Å²) in [4.78, 5) is 14.6. The van der Waals surface area contributed by atoms with Crippen molar-refractivity contribution >= 4 is 18.8 Å². The molecule has 3 aromatic rings. The first-order valence-corrected chi connectivity index (χ1v) is 7.30. The highest BCUT2D eigenvalue weighted by atomic mass is 31.2. The van der Waals surface area contributed by atoms with Gasteiger partial charge in [0.05, 0.1) is 16.6 Å². The van der Waals surface area contributed by atoms with E-state index in [2.05, 4.69) is 4.98 Å². The van der Waals surface area contributed by atoms with Crippen LogP contribution in [0.15, 0.2) is 48.5 Å².